The number of benzene rings is 2. The molecular formula is C22H22N2O4S. The highest BCUT2D eigenvalue weighted by Crippen LogP contribution is 2.33. The van der Waals surface area contributed by atoms with Crippen LogP contribution < -0.4 is 5.32 Å². The molecule has 0 aliphatic carbocycles. The summed E-state index contributed by atoms with van der Waals surface area (Å²) in [7, 11) is 0. The molecule has 0 fully saturated rings. The van der Waals surface area contributed by atoms with Crippen LogP contribution >= 0.6 is 11.8 Å². The van der Waals surface area contributed by atoms with Gasteiger partial charge in [0.2, 0.25) is 0 Å². The molecule has 0 bridgehead atoms. The number of ether oxygens (including phenoxy) is 1. The Balaban J connectivity index is 1.84. The third kappa shape index (κ3) is 5.06. The first-order valence-corrected chi connectivity index (χ1v) is 10.2. The van der Waals surface area contributed by atoms with Gasteiger partial charge < -0.3 is 15.2 Å². The monoisotopic (exact) mass is 410 g/mol. The summed E-state index contributed by atoms with van der Waals surface area (Å²) in [6, 6.07) is 16.0. The van der Waals surface area contributed by atoms with E-state index in [0.717, 1.165) is 11.1 Å². The first kappa shape index (κ1) is 20.7. The molecule has 6 nitrogen and oxygen atoms in total. The van der Waals surface area contributed by atoms with Crippen LogP contribution in [0.2, 0.25) is 0 Å². The summed E-state index contributed by atoms with van der Waals surface area (Å²) >= 11 is 1.46. The molecule has 0 saturated carbocycles. The van der Waals surface area contributed by atoms with E-state index in [0.29, 0.717) is 28.8 Å². The minimum absolute atomic E-state index is 0.254. The van der Waals surface area contributed by atoms with Gasteiger partial charge in [0.05, 0.1) is 17.7 Å². The van der Waals surface area contributed by atoms with E-state index in [2.05, 4.69) is 5.32 Å². The lowest BCUT2D eigenvalue weighted by molar-refractivity contribution is -0.138. The number of esters is 1. The molecule has 7 heteroatoms. The van der Waals surface area contributed by atoms with Crippen molar-refractivity contribution in [3.8, 4) is 0 Å². The smallest absolute Gasteiger partial charge is 0.338 e. The van der Waals surface area contributed by atoms with Crippen LogP contribution in [-0.2, 0) is 15.3 Å². The second-order valence-corrected chi connectivity index (χ2v) is 7.39. The summed E-state index contributed by atoms with van der Waals surface area (Å²) in [6.45, 7) is 3.90. The summed E-state index contributed by atoms with van der Waals surface area (Å²) in [5.74, 6) is -0.781. The average molecular weight is 410 g/mol. The largest absolute Gasteiger partial charge is 0.478 e. The maximum absolute atomic E-state index is 12.5. The van der Waals surface area contributed by atoms with E-state index in [4.69, 9.17) is 14.8 Å². The number of aliphatic imine (C=N–C) groups is 1. The van der Waals surface area contributed by atoms with Gasteiger partial charge in [-0.3, -0.25) is 0 Å². The number of hydrogen-bond acceptors (Lipinski definition) is 6. The van der Waals surface area contributed by atoms with E-state index >= 15 is 0 Å². The van der Waals surface area contributed by atoms with Crippen molar-refractivity contribution in [2.75, 3.05) is 6.61 Å². The standard InChI is InChI=1S/C22H22N2O4S/c1-3-28-21(27)18-14(2)23-22(24-19(18)16-9-5-4-6-10-16)29-13-15-8-7-11-17(12-15)20(25)26/h4-12,19H,3,13H2,1-2H3,(H,23,24)(H,25,26)/t19-/m0/s1. The molecule has 1 atom stereocenters. The van der Waals surface area contributed by atoms with Crippen molar-refractivity contribution in [3.05, 3.63) is 82.6 Å². The van der Waals surface area contributed by atoms with Crippen LogP contribution in [0.25, 0.3) is 0 Å². The number of carbonyl (C=O) groups is 2. The molecule has 0 saturated heterocycles. The van der Waals surface area contributed by atoms with Crippen LogP contribution in [-0.4, -0.2) is 28.8 Å². The lowest BCUT2D eigenvalue weighted by Crippen LogP contribution is -2.30. The summed E-state index contributed by atoms with van der Waals surface area (Å²) in [5, 5.41) is 13.0. The van der Waals surface area contributed by atoms with Gasteiger partial charge in [-0.1, -0.05) is 54.2 Å². The molecule has 1 aliphatic rings. The van der Waals surface area contributed by atoms with Crippen molar-refractivity contribution in [2.45, 2.75) is 25.6 Å². The lowest BCUT2D eigenvalue weighted by Gasteiger charge is -2.25. The number of carboxylic acids is 1. The Morgan fingerprint density at radius 1 is 1.17 bits per heavy atom. The highest BCUT2D eigenvalue weighted by molar-refractivity contribution is 8.13. The summed E-state index contributed by atoms with van der Waals surface area (Å²) in [5.41, 5.74) is 3.24. The van der Waals surface area contributed by atoms with Gasteiger partial charge in [0.15, 0.2) is 5.17 Å². The SMILES string of the molecule is CCOC(=O)C1=C(C)NC(SCc2cccc(C(=O)O)c2)=N[C@H]1c1ccccc1. The Kier molecular flexibility index (Phi) is 6.72. The molecule has 29 heavy (non-hydrogen) atoms. The first-order valence-electron chi connectivity index (χ1n) is 9.22. The second-order valence-electron chi connectivity index (χ2n) is 6.43. The number of nitrogens with one attached hydrogen (secondary N) is 1. The zero-order valence-electron chi connectivity index (χ0n) is 16.2. The number of hydrogen-bond donors (Lipinski definition) is 2. The number of carboxylic acid groups (broad SMARTS) is 1. The zero-order chi connectivity index (χ0) is 20.8. The molecule has 0 amide bonds. The number of nitrogens with zero attached hydrogens (tertiary/aromatic N) is 1. The Morgan fingerprint density at radius 3 is 2.62 bits per heavy atom. The maximum atomic E-state index is 12.5. The molecule has 0 radical (unpaired) electrons. The number of carbonyl (C=O) groups excluding carboxylic acids is 1. The summed E-state index contributed by atoms with van der Waals surface area (Å²) in [6.07, 6.45) is 0. The third-order valence-electron chi connectivity index (χ3n) is 4.38. The molecule has 0 unspecified atom stereocenters. The Hall–Kier alpha value is -3.06. The van der Waals surface area contributed by atoms with Gasteiger partial charge in [0, 0.05) is 11.4 Å². The molecule has 2 aromatic carbocycles. The quantitative estimate of drug-likeness (QED) is 0.696. The Morgan fingerprint density at radius 2 is 1.93 bits per heavy atom. The van der Waals surface area contributed by atoms with Crippen LogP contribution in [0, 0.1) is 0 Å². The number of aromatic carboxylic acids is 1. The van der Waals surface area contributed by atoms with Crippen LogP contribution in [0.1, 0.15) is 41.4 Å². The van der Waals surface area contributed by atoms with Crippen LogP contribution in [0.15, 0.2) is 70.9 Å². The number of allylic oxidation sites excluding steroid dienone is 1. The van der Waals surface area contributed by atoms with E-state index in [9.17, 15) is 9.59 Å². The number of amidine groups is 1. The van der Waals surface area contributed by atoms with Crippen molar-refractivity contribution in [2.24, 2.45) is 4.99 Å². The highest BCUT2D eigenvalue weighted by atomic mass is 32.2. The average Bonchev–Trinajstić information content (AvgIpc) is 2.72. The summed E-state index contributed by atoms with van der Waals surface area (Å²) in [4.78, 5) is 28.4. The number of thioether (sulfide) groups is 1. The fourth-order valence-electron chi connectivity index (χ4n) is 3.02. The molecule has 0 aromatic heterocycles. The molecule has 0 spiro atoms. The fraction of sp³-hybridized carbons (Fsp3) is 0.227. The minimum Gasteiger partial charge on any atom is -0.478 e. The molecule has 2 aromatic rings. The molecule has 150 valence electrons. The van der Waals surface area contributed by atoms with Crippen LogP contribution in [0.4, 0.5) is 0 Å². The predicted molar refractivity (Wildman–Crippen MR) is 114 cm³/mol. The second kappa shape index (κ2) is 9.43. The van der Waals surface area contributed by atoms with Crippen LogP contribution in [0.3, 0.4) is 0 Å². The van der Waals surface area contributed by atoms with E-state index in [1.807, 2.05) is 43.3 Å². The van der Waals surface area contributed by atoms with Gasteiger partial charge >= 0.3 is 11.9 Å². The number of rotatable bonds is 6. The van der Waals surface area contributed by atoms with Crippen molar-refractivity contribution in [3.63, 3.8) is 0 Å². The van der Waals surface area contributed by atoms with E-state index < -0.39 is 12.0 Å². The normalized spacial score (nSPS) is 16.1. The highest BCUT2D eigenvalue weighted by Gasteiger charge is 2.30. The first-order chi connectivity index (χ1) is 14.0. The van der Waals surface area contributed by atoms with Crippen molar-refractivity contribution >= 4 is 28.9 Å². The van der Waals surface area contributed by atoms with Gasteiger partial charge in [0.25, 0.3) is 0 Å². The van der Waals surface area contributed by atoms with Gasteiger partial charge in [-0.2, -0.15) is 0 Å². The van der Waals surface area contributed by atoms with E-state index in [1.165, 1.54) is 11.8 Å². The maximum Gasteiger partial charge on any atom is 0.338 e. The zero-order valence-corrected chi connectivity index (χ0v) is 17.0. The van der Waals surface area contributed by atoms with Crippen LogP contribution in [0.5, 0.6) is 0 Å². The Bertz CT molecular complexity index is 970. The Labute approximate surface area is 173 Å². The molecule has 2 N–H and O–H groups in total. The van der Waals surface area contributed by atoms with Crippen molar-refractivity contribution in [1.29, 1.82) is 0 Å². The minimum atomic E-state index is -0.952. The van der Waals surface area contributed by atoms with Crippen molar-refractivity contribution in [1.82, 2.24) is 5.32 Å². The molecule has 1 aliphatic heterocycles. The van der Waals surface area contributed by atoms with Gasteiger partial charge in [-0.25, -0.2) is 14.6 Å². The summed E-state index contributed by atoms with van der Waals surface area (Å²) < 4.78 is 5.24. The third-order valence-corrected chi connectivity index (χ3v) is 5.34. The van der Waals surface area contributed by atoms with Crippen molar-refractivity contribution < 1.29 is 19.4 Å². The van der Waals surface area contributed by atoms with E-state index in [-0.39, 0.29) is 11.5 Å². The molecule has 1 heterocycles. The van der Waals surface area contributed by atoms with Gasteiger partial charge in [0.1, 0.15) is 6.04 Å². The molecular weight excluding hydrogens is 388 g/mol. The predicted octanol–water partition coefficient (Wildman–Crippen LogP) is 4.16. The molecule has 3 rings (SSSR count). The topological polar surface area (TPSA) is 88.0 Å². The van der Waals surface area contributed by atoms with Gasteiger partial charge in [-0.15, -0.1) is 0 Å². The fourth-order valence-corrected chi connectivity index (χ4v) is 3.90. The lowest BCUT2D eigenvalue weighted by atomic mass is 9.97. The van der Waals surface area contributed by atoms with Gasteiger partial charge in [-0.05, 0) is 37.1 Å². The van der Waals surface area contributed by atoms with E-state index in [1.54, 1.807) is 25.1 Å².